The van der Waals surface area contributed by atoms with Crippen LogP contribution in [0.15, 0.2) is 41.8 Å². The van der Waals surface area contributed by atoms with E-state index in [1.807, 2.05) is 34.0 Å². The Bertz CT molecular complexity index is 1240. The quantitative estimate of drug-likeness (QED) is 0.474. The van der Waals surface area contributed by atoms with Gasteiger partial charge in [-0.25, -0.2) is 14.4 Å². The second-order valence-corrected chi connectivity index (χ2v) is 8.90. The summed E-state index contributed by atoms with van der Waals surface area (Å²) in [5, 5.41) is 17.2. The Kier molecular flexibility index (Phi) is 5.52. The molecule has 166 valence electrons. The zero-order chi connectivity index (χ0) is 22.2. The molecule has 1 unspecified atom stereocenters. The average Bonchev–Trinajstić information content (AvgIpc) is 3.56. The van der Waals surface area contributed by atoms with Crippen LogP contribution >= 0.6 is 11.3 Å². The first kappa shape index (κ1) is 20.8. The molecule has 1 atom stereocenters. The standard InChI is InChI=1S/C23H25FN6OS/c1-3-18-22(28(2)23-26-19(14-32-23)16-4-6-17(24)7-5-16)30-20(25-18)8-9-21(27-30)29-11-10-15(12-29)13-31/h4-9,14-15,31H,3,10-13H2,1-2H3. The first-order valence-corrected chi connectivity index (χ1v) is 11.6. The number of aliphatic hydroxyl groups is 1. The minimum atomic E-state index is -0.259. The maximum absolute atomic E-state index is 13.3. The predicted octanol–water partition coefficient (Wildman–Crippen LogP) is 4.14. The molecule has 0 spiro atoms. The summed E-state index contributed by atoms with van der Waals surface area (Å²) < 4.78 is 15.2. The van der Waals surface area contributed by atoms with E-state index < -0.39 is 0 Å². The maximum atomic E-state index is 13.3. The van der Waals surface area contributed by atoms with Gasteiger partial charge in [-0.1, -0.05) is 6.92 Å². The smallest absolute Gasteiger partial charge is 0.191 e. The molecule has 1 saturated heterocycles. The molecule has 0 saturated carbocycles. The SMILES string of the molecule is CCc1nc2ccc(N3CCC(CO)C3)nn2c1N(C)c1nc(-c2ccc(F)cc2)cs1. The summed E-state index contributed by atoms with van der Waals surface area (Å²) in [5.74, 6) is 1.81. The summed E-state index contributed by atoms with van der Waals surface area (Å²) in [6.45, 7) is 3.98. The van der Waals surface area contributed by atoms with Crippen LogP contribution in [0.25, 0.3) is 16.9 Å². The number of fused-ring (bicyclic) bond motifs is 1. The Balaban J connectivity index is 1.51. The van der Waals surface area contributed by atoms with Crippen molar-refractivity contribution in [1.29, 1.82) is 0 Å². The normalized spacial score (nSPS) is 16.2. The molecule has 9 heteroatoms. The number of aliphatic hydroxyl groups excluding tert-OH is 1. The van der Waals surface area contributed by atoms with Gasteiger partial charge in [0.1, 0.15) is 11.6 Å². The average molecular weight is 453 g/mol. The Morgan fingerprint density at radius 2 is 2.00 bits per heavy atom. The van der Waals surface area contributed by atoms with Crippen molar-refractivity contribution < 1.29 is 9.50 Å². The van der Waals surface area contributed by atoms with Gasteiger partial charge in [0.15, 0.2) is 16.6 Å². The molecule has 3 aromatic heterocycles. The van der Waals surface area contributed by atoms with Gasteiger partial charge in [0.2, 0.25) is 0 Å². The van der Waals surface area contributed by atoms with Crippen LogP contribution < -0.4 is 9.80 Å². The van der Waals surface area contributed by atoms with Crippen molar-refractivity contribution in [2.45, 2.75) is 19.8 Å². The molecule has 0 amide bonds. The number of halogens is 1. The Morgan fingerprint density at radius 1 is 1.19 bits per heavy atom. The van der Waals surface area contributed by atoms with Crippen LogP contribution in [0.5, 0.6) is 0 Å². The molecule has 5 rings (SSSR count). The van der Waals surface area contributed by atoms with Crippen molar-refractivity contribution >= 4 is 33.8 Å². The van der Waals surface area contributed by atoms with Crippen molar-refractivity contribution in [1.82, 2.24) is 19.6 Å². The van der Waals surface area contributed by atoms with Crippen molar-refractivity contribution in [3.63, 3.8) is 0 Å². The summed E-state index contributed by atoms with van der Waals surface area (Å²) >= 11 is 1.53. The third-order valence-corrected chi connectivity index (χ3v) is 6.87. The molecule has 0 bridgehead atoms. The van der Waals surface area contributed by atoms with Crippen LogP contribution in [0, 0.1) is 11.7 Å². The highest BCUT2D eigenvalue weighted by molar-refractivity contribution is 7.14. The van der Waals surface area contributed by atoms with Gasteiger partial charge >= 0.3 is 0 Å². The number of aryl methyl sites for hydroxylation is 1. The lowest BCUT2D eigenvalue weighted by atomic mass is 10.1. The minimum absolute atomic E-state index is 0.207. The second kappa shape index (κ2) is 8.48. The highest BCUT2D eigenvalue weighted by atomic mass is 32.1. The van der Waals surface area contributed by atoms with E-state index in [9.17, 15) is 9.50 Å². The van der Waals surface area contributed by atoms with E-state index >= 15 is 0 Å². The molecule has 1 aliphatic rings. The minimum Gasteiger partial charge on any atom is -0.396 e. The molecule has 0 radical (unpaired) electrons. The summed E-state index contributed by atoms with van der Waals surface area (Å²) in [6.07, 6.45) is 1.74. The largest absolute Gasteiger partial charge is 0.396 e. The van der Waals surface area contributed by atoms with E-state index in [-0.39, 0.29) is 12.4 Å². The topological polar surface area (TPSA) is 69.8 Å². The lowest BCUT2D eigenvalue weighted by Gasteiger charge is -2.19. The monoisotopic (exact) mass is 452 g/mol. The number of aromatic nitrogens is 4. The lowest BCUT2D eigenvalue weighted by Crippen LogP contribution is -2.23. The number of benzene rings is 1. The van der Waals surface area contributed by atoms with Crippen LogP contribution in [0.2, 0.25) is 0 Å². The Hall–Kier alpha value is -3.04. The van der Waals surface area contributed by atoms with E-state index in [1.165, 1.54) is 23.5 Å². The Morgan fingerprint density at radius 3 is 2.72 bits per heavy atom. The van der Waals surface area contributed by atoms with Gasteiger partial charge in [0.05, 0.1) is 11.4 Å². The fourth-order valence-electron chi connectivity index (χ4n) is 4.15. The summed E-state index contributed by atoms with van der Waals surface area (Å²) in [7, 11) is 1.97. The Labute approximate surface area is 189 Å². The number of anilines is 3. The van der Waals surface area contributed by atoms with Gasteiger partial charge in [0.25, 0.3) is 0 Å². The summed E-state index contributed by atoms with van der Waals surface area (Å²) in [4.78, 5) is 13.8. The number of thiazole rings is 1. The van der Waals surface area contributed by atoms with Crippen LogP contribution in [0.1, 0.15) is 19.0 Å². The van der Waals surface area contributed by atoms with E-state index in [0.29, 0.717) is 5.92 Å². The third kappa shape index (κ3) is 3.71. The number of rotatable bonds is 6. The molecule has 7 nitrogen and oxygen atoms in total. The van der Waals surface area contributed by atoms with Crippen molar-refractivity contribution in [3.8, 4) is 11.3 Å². The summed E-state index contributed by atoms with van der Waals surface area (Å²) in [5.41, 5.74) is 3.43. The predicted molar refractivity (Wildman–Crippen MR) is 125 cm³/mol. The molecule has 1 aliphatic heterocycles. The van der Waals surface area contributed by atoms with Gasteiger partial charge in [-0.2, -0.15) is 4.52 Å². The van der Waals surface area contributed by atoms with Crippen LogP contribution in [-0.2, 0) is 6.42 Å². The number of hydrogen-bond acceptors (Lipinski definition) is 7. The van der Waals surface area contributed by atoms with Crippen molar-refractivity contribution in [2.24, 2.45) is 5.92 Å². The van der Waals surface area contributed by atoms with Gasteiger partial charge in [-0.05, 0) is 49.2 Å². The van der Waals surface area contributed by atoms with E-state index in [0.717, 1.165) is 65.3 Å². The van der Waals surface area contributed by atoms with Crippen molar-refractivity contribution in [2.75, 3.05) is 36.5 Å². The van der Waals surface area contributed by atoms with Crippen LogP contribution in [-0.4, -0.2) is 51.4 Å². The molecule has 1 aromatic carbocycles. The molecule has 1 N–H and O–H groups in total. The van der Waals surface area contributed by atoms with E-state index in [2.05, 4.69) is 11.8 Å². The molecule has 4 heterocycles. The van der Waals surface area contributed by atoms with Crippen LogP contribution in [0.4, 0.5) is 21.2 Å². The fourth-order valence-corrected chi connectivity index (χ4v) is 4.95. The molecule has 0 aliphatic carbocycles. The van der Waals surface area contributed by atoms with Crippen molar-refractivity contribution in [3.05, 3.63) is 53.3 Å². The number of hydrogen-bond donors (Lipinski definition) is 1. The van der Waals surface area contributed by atoms with Gasteiger partial charge < -0.3 is 14.9 Å². The first-order chi connectivity index (χ1) is 15.6. The van der Waals surface area contributed by atoms with E-state index in [1.54, 1.807) is 12.1 Å². The van der Waals surface area contributed by atoms with Gasteiger partial charge in [0, 0.05) is 43.6 Å². The highest BCUT2D eigenvalue weighted by Crippen LogP contribution is 2.34. The van der Waals surface area contributed by atoms with E-state index in [4.69, 9.17) is 15.1 Å². The maximum Gasteiger partial charge on any atom is 0.191 e. The molecular weight excluding hydrogens is 427 g/mol. The number of nitrogens with zero attached hydrogens (tertiary/aromatic N) is 6. The molecular formula is C23H25FN6OS. The zero-order valence-electron chi connectivity index (χ0n) is 18.1. The second-order valence-electron chi connectivity index (χ2n) is 8.06. The first-order valence-electron chi connectivity index (χ1n) is 10.8. The zero-order valence-corrected chi connectivity index (χ0v) is 18.9. The molecule has 1 fully saturated rings. The third-order valence-electron chi connectivity index (χ3n) is 5.95. The van der Waals surface area contributed by atoms with Gasteiger partial charge in [-0.3, -0.25) is 0 Å². The van der Waals surface area contributed by atoms with Crippen LogP contribution in [0.3, 0.4) is 0 Å². The number of imidazole rings is 1. The highest BCUT2D eigenvalue weighted by Gasteiger charge is 2.25. The summed E-state index contributed by atoms with van der Waals surface area (Å²) in [6, 6.07) is 10.4. The lowest BCUT2D eigenvalue weighted by molar-refractivity contribution is 0.238. The van der Waals surface area contributed by atoms with Gasteiger partial charge in [-0.15, -0.1) is 16.4 Å². The molecule has 32 heavy (non-hydrogen) atoms. The molecule has 4 aromatic rings. The fraction of sp³-hybridized carbons (Fsp3) is 0.348.